The van der Waals surface area contributed by atoms with E-state index in [-0.39, 0.29) is 17.8 Å². The van der Waals surface area contributed by atoms with Gasteiger partial charge in [-0.3, -0.25) is 14.7 Å². The molecular weight excluding hydrogens is 400 g/mol. The van der Waals surface area contributed by atoms with Gasteiger partial charge in [0.05, 0.1) is 10.5 Å². The zero-order valence-corrected chi connectivity index (χ0v) is 14.7. The highest BCUT2D eigenvalue weighted by Crippen LogP contribution is 2.43. The van der Waals surface area contributed by atoms with Crippen molar-refractivity contribution in [1.29, 1.82) is 0 Å². The summed E-state index contributed by atoms with van der Waals surface area (Å²) in [7, 11) is -4.01. The maximum Gasteiger partial charge on any atom is 0.417 e. The molecule has 0 saturated carbocycles. The van der Waals surface area contributed by atoms with Gasteiger partial charge >= 0.3 is 6.18 Å². The van der Waals surface area contributed by atoms with E-state index in [9.17, 15) is 32.7 Å². The lowest BCUT2D eigenvalue weighted by Crippen LogP contribution is -2.12. The van der Waals surface area contributed by atoms with E-state index >= 15 is 0 Å². The van der Waals surface area contributed by atoms with Gasteiger partial charge < -0.3 is 9.63 Å². The highest BCUT2D eigenvalue weighted by atomic mass is 35.5. The molecule has 1 heterocycles. The van der Waals surface area contributed by atoms with Crippen molar-refractivity contribution < 1.29 is 32.3 Å². The Balaban J connectivity index is 2.44. The number of nitro benzene ring substituents is 1. The Kier molecular flexibility index (Phi) is 5.60. The summed E-state index contributed by atoms with van der Waals surface area (Å²) in [5.41, 5.74) is -1.65. The number of alkyl halides is 3. The molecule has 0 saturated heterocycles. The lowest BCUT2D eigenvalue weighted by molar-refractivity contribution is -0.383. The van der Waals surface area contributed by atoms with Gasteiger partial charge in [-0.2, -0.15) is 13.2 Å². The van der Waals surface area contributed by atoms with E-state index in [2.05, 4.69) is 4.98 Å². The second-order valence-corrected chi connectivity index (χ2v) is 7.96. The van der Waals surface area contributed by atoms with Crippen molar-refractivity contribution in [3.63, 3.8) is 0 Å². The lowest BCUT2D eigenvalue weighted by atomic mass is 10.3. The average molecular weight is 411 g/mol. The molecule has 1 atom stereocenters. The summed E-state index contributed by atoms with van der Waals surface area (Å²) in [6.07, 6.45) is -4.38. The van der Waals surface area contributed by atoms with Crippen LogP contribution in [-0.2, 0) is 10.7 Å². The van der Waals surface area contributed by atoms with Crippen LogP contribution in [0.15, 0.2) is 30.5 Å². The Hall–Kier alpha value is -2.16. The number of halogens is 4. The number of aromatic nitrogens is 1. The van der Waals surface area contributed by atoms with Crippen LogP contribution in [0.25, 0.3) is 0 Å². The zero-order chi connectivity index (χ0) is 19.7. The van der Waals surface area contributed by atoms with Crippen LogP contribution in [0.1, 0.15) is 12.5 Å². The number of nitrogens with zero attached hydrogens (tertiary/aromatic N) is 2. The third-order valence-electron chi connectivity index (χ3n) is 3.30. The van der Waals surface area contributed by atoms with Gasteiger partial charge in [-0.15, -0.1) is 0 Å². The van der Waals surface area contributed by atoms with Crippen molar-refractivity contribution >= 4 is 30.0 Å². The second-order valence-electron chi connectivity index (χ2n) is 5.04. The number of hydrogen-bond acceptors (Lipinski definition) is 5. The number of hydrogen-bond donors (Lipinski definition) is 1. The van der Waals surface area contributed by atoms with E-state index in [4.69, 9.17) is 16.3 Å². The van der Waals surface area contributed by atoms with Crippen molar-refractivity contribution in [2.24, 2.45) is 0 Å². The molecule has 0 aliphatic heterocycles. The fraction of sp³-hybridized carbons (Fsp3) is 0.214. The maximum absolute atomic E-state index is 12.6. The first-order chi connectivity index (χ1) is 12.0. The van der Waals surface area contributed by atoms with Crippen LogP contribution in [0.4, 0.5) is 18.9 Å². The summed E-state index contributed by atoms with van der Waals surface area (Å²) >= 11 is 5.72. The molecule has 1 aromatic carbocycles. The number of nitro groups is 1. The largest absolute Gasteiger partial charge is 0.438 e. The number of pyridine rings is 1. The Morgan fingerprint density at radius 1 is 1.38 bits per heavy atom. The zero-order valence-electron chi connectivity index (χ0n) is 13.0. The molecule has 140 valence electrons. The van der Waals surface area contributed by atoms with Crippen molar-refractivity contribution in [2.45, 2.75) is 13.1 Å². The molecule has 0 aliphatic carbocycles. The monoisotopic (exact) mass is 410 g/mol. The summed E-state index contributed by atoms with van der Waals surface area (Å²) in [5, 5.41) is 10.2. The minimum absolute atomic E-state index is 0.137. The van der Waals surface area contributed by atoms with Crippen molar-refractivity contribution in [3.05, 3.63) is 51.2 Å². The van der Waals surface area contributed by atoms with Gasteiger partial charge in [-0.05, 0) is 12.1 Å². The highest BCUT2D eigenvalue weighted by Gasteiger charge is 2.32. The summed E-state index contributed by atoms with van der Waals surface area (Å²) in [6.45, 7) is 1.38. The molecule has 0 bridgehead atoms. The van der Waals surface area contributed by atoms with Crippen molar-refractivity contribution in [1.82, 2.24) is 4.98 Å². The van der Waals surface area contributed by atoms with Crippen LogP contribution in [0.5, 0.6) is 11.6 Å². The Morgan fingerprint density at radius 3 is 2.54 bits per heavy atom. The standard InChI is InChI=1S/C14H11ClF3N2O5P/c1-2-26(23,24)12-6-9(3-4-11(12)20(21)22)25-13-10(15)5-8(7-19-13)14(16,17)18/h3-7H,2H2,1H3,(H,23,24). The van der Waals surface area contributed by atoms with Crippen LogP contribution >= 0.6 is 19.0 Å². The number of benzene rings is 1. The normalized spacial score (nSPS) is 13.9. The molecule has 1 N–H and O–H groups in total. The molecule has 7 nitrogen and oxygen atoms in total. The first-order valence-electron chi connectivity index (χ1n) is 6.97. The topological polar surface area (TPSA) is 103 Å². The molecule has 0 amide bonds. The van der Waals surface area contributed by atoms with Gasteiger partial charge in [0.15, 0.2) is 0 Å². The van der Waals surface area contributed by atoms with Crippen molar-refractivity contribution in [2.75, 3.05) is 6.16 Å². The fourth-order valence-electron chi connectivity index (χ4n) is 1.94. The molecular formula is C14H11ClF3N2O5P. The smallest absolute Gasteiger partial charge is 0.417 e. The van der Waals surface area contributed by atoms with Gasteiger partial charge in [-0.1, -0.05) is 18.5 Å². The molecule has 2 aromatic rings. The molecule has 26 heavy (non-hydrogen) atoms. The quantitative estimate of drug-likeness (QED) is 0.446. The van der Waals surface area contributed by atoms with E-state index in [1.165, 1.54) is 6.92 Å². The van der Waals surface area contributed by atoms with E-state index in [0.29, 0.717) is 12.3 Å². The number of ether oxygens (including phenoxy) is 1. The molecule has 1 unspecified atom stereocenters. The Labute approximate surface area is 150 Å². The highest BCUT2D eigenvalue weighted by molar-refractivity contribution is 7.66. The van der Waals surface area contributed by atoms with Crippen LogP contribution in [0.2, 0.25) is 5.02 Å². The minimum Gasteiger partial charge on any atom is -0.438 e. The first-order valence-corrected chi connectivity index (χ1v) is 9.19. The predicted octanol–water partition coefficient (Wildman–Crippen LogP) is 4.37. The average Bonchev–Trinajstić information content (AvgIpc) is 2.55. The van der Waals surface area contributed by atoms with Gasteiger partial charge in [0.2, 0.25) is 13.2 Å². The summed E-state index contributed by atoms with van der Waals surface area (Å²) in [4.78, 5) is 23.6. The lowest BCUT2D eigenvalue weighted by Gasteiger charge is -2.13. The second kappa shape index (κ2) is 7.22. The summed E-state index contributed by atoms with van der Waals surface area (Å²) < 4.78 is 55.2. The van der Waals surface area contributed by atoms with Crippen LogP contribution in [-0.4, -0.2) is 21.0 Å². The van der Waals surface area contributed by atoms with E-state index in [1.807, 2.05) is 0 Å². The molecule has 0 aliphatic rings. The fourth-order valence-corrected chi connectivity index (χ4v) is 3.33. The Bertz CT molecular complexity index is 907. The van der Waals surface area contributed by atoms with Crippen LogP contribution in [0, 0.1) is 10.1 Å². The van der Waals surface area contributed by atoms with Crippen LogP contribution < -0.4 is 10.0 Å². The van der Waals surface area contributed by atoms with Gasteiger partial charge in [0, 0.05) is 24.5 Å². The van der Waals surface area contributed by atoms with Crippen molar-refractivity contribution in [3.8, 4) is 11.6 Å². The predicted molar refractivity (Wildman–Crippen MR) is 87.4 cm³/mol. The first kappa shape index (κ1) is 20.2. The third-order valence-corrected chi connectivity index (χ3v) is 5.54. The molecule has 1 aromatic heterocycles. The van der Waals surface area contributed by atoms with Gasteiger partial charge in [0.25, 0.3) is 5.69 Å². The molecule has 0 spiro atoms. The minimum atomic E-state index is -4.64. The number of rotatable bonds is 5. The van der Waals surface area contributed by atoms with Crippen LogP contribution in [0.3, 0.4) is 0 Å². The van der Waals surface area contributed by atoms with E-state index < -0.39 is 40.0 Å². The molecule has 0 fully saturated rings. The van der Waals surface area contributed by atoms with E-state index in [1.54, 1.807) is 0 Å². The summed E-state index contributed by atoms with van der Waals surface area (Å²) in [5.74, 6) is -0.522. The van der Waals surface area contributed by atoms with E-state index in [0.717, 1.165) is 18.2 Å². The van der Waals surface area contributed by atoms with Gasteiger partial charge in [-0.25, -0.2) is 4.98 Å². The Morgan fingerprint density at radius 2 is 2.04 bits per heavy atom. The molecule has 0 radical (unpaired) electrons. The third kappa shape index (κ3) is 4.32. The molecule has 2 rings (SSSR count). The SMILES string of the molecule is CCP(=O)(O)c1cc(Oc2ncc(C(F)(F)F)cc2Cl)ccc1[N+](=O)[O-]. The summed E-state index contributed by atoms with van der Waals surface area (Å²) in [6, 6.07) is 3.66. The maximum atomic E-state index is 12.6. The van der Waals surface area contributed by atoms with Gasteiger partial charge in [0.1, 0.15) is 16.1 Å². The molecule has 12 heteroatoms.